The maximum absolute atomic E-state index is 10.0. The lowest BCUT2D eigenvalue weighted by atomic mass is 10.3. The number of nitrogen functional groups attached to an aromatic ring is 1. The van der Waals surface area contributed by atoms with E-state index in [1.54, 1.807) is 11.8 Å². The molecule has 0 saturated carbocycles. The Bertz CT molecular complexity index is 375. The van der Waals surface area contributed by atoms with E-state index >= 15 is 0 Å². The molecule has 0 radical (unpaired) electrons. The molecule has 1 atom stereocenters. The first-order valence-corrected chi connectivity index (χ1v) is 7.20. The van der Waals surface area contributed by atoms with Gasteiger partial charge in [-0.25, -0.2) is 0 Å². The van der Waals surface area contributed by atoms with Gasteiger partial charge in [0.15, 0.2) is 0 Å². The quantitative estimate of drug-likeness (QED) is 0.637. The number of nitrogens with zero attached hydrogens (tertiary/aromatic N) is 1. The Hall–Kier alpha value is -0.460. The molecule has 1 aromatic rings. The van der Waals surface area contributed by atoms with Gasteiger partial charge in [-0.15, -0.1) is 24.2 Å². The number of β-amino-alcohol motifs (C(OH)–C–C–N with tert-alkyl or cyclic N) is 1. The van der Waals surface area contributed by atoms with E-state index in [1.165, 1.54) is 0 Å². The number of para-hydroxylation sites is 1. The third-order valence-corrected chi connectivity index (χ3v) is 4.16. The number of hydrogen-bond acceptors (Lipinski definition) is 5. The maximum Gasteiger partial charge on any atom is 0.0760 e. The topological polar surface area (TPSA) is 58.7 Å². The zero-order valence-electron chi connectivity index (χ0n) is 10.8. The SMILES string of the molecule is Cl.Nc1ccccc1SCC(O)CN1CCOCC1. The van der Waals surface area contributed by atoms with E-state index < -0.39 is 0 Å². The molecule has 1 aromatic carbocycles. The molecule has 1 saturated heterocycles. The van der Waals surface area contributed by atoms with Gasteiger partial charge in [-0.1, -0.05) is 12.1 Å². The first-order valence-electron chi connectivity index (χ1n) is 6.21. The van der Waals surface area contributed by atoms with Gasteiger partial charge < -0.3 is 15.6 Å². The minimum absolute atomic E-state index is 0. The molecule has 108 valence electrons. The molecule has 1 fully saturated rings. The molecule has 0 aromatic heterocycles. The summed E-state index contributed by atoms with van der Waals surface area (Å²) < 4.78 is 5.28. The van der Waals surface area contributed by atoms with Crippen LogP contribution < -0.4 is 5.73 Å². The van der Waals surface area contributed by atoms with Crippen LogP contribution in [0.15, 0.2) is 29.2 Å². The van der Waals surface area contributed by atoms with Crippen LogP contribution in [0.25, 0.3) is 0 Å². The molecule has 1 heterocycles. The molecule has 19 heavy (non-hydrogen) atoms. The summed E-state index contributed by atoms with van der Waals surface area (Å²) >= 11 is 1.61. The van der Waals surface area contributed by atoms with Gasteiger partial charge >= 0.3 is 0 Å². The molecule has 0 spiro atoms. The monoisotopic (exact) mass is 304 g/mol. The van der Waals surface area contributed by atoms with E-state index in [1.807, 2.05) is 24.3 Å². The van der Waals surface area contributed by atoms with E-state index in [0.29, 0.717) is 12.3 Å². The van der Waals surface area contributed by atoms with Gasteiger partial charge in [0, 0.05) is 36.0 Å². The largest absolute Gasteiger partial charge is 0.398 e. The molecule has 1 aliphatic rings. The lowest BCUT2D eigenvalue weighted by Gasteiger charge is -2.28. The van der Waals surface area contributed by atoms with Gasteiger partial charge in [-0.05, 0) is 12.1 Å². The number of aliphatic hydroxyl groups excluding tert-OH is 1. The number of nitrogens with two attached hydrogens (primary N) is 1. The molecule has 0 bridgehead atoms. The molecule has 1 unspecified atom stereocenters. The first kappa shape index (κ1) is 16.6. The second-order valence-electron chi connectivity index (χ2n) is 4.42. The molecular formula is C13H21ClN2O2S. The number of ether oxygens (including phenoxy) is 1. The fourth-order valence-electron chi connectivity index (χ4n) is 1.93. The highest BCUT2D eigenvalue weighted by molar-refractivity contribution is 7.99. The van der Waals surface area contributed by atoms with Crippen LogP contribution >= 0.6 is 24.2 Å². The Labute approximate surface area is 124 Å². The molecule has 3 N–H and O–H groups in total. The van der Waals surface area contributed by atoms with Crippen LogP contribution in [-0.4, -0.2) is 54.7 Å². The van der Waals surface area contributed by atoms with Crippen molar-refractivity contribution in [2.24, 2.45) is 0 Å². The third-order valence-electron chi connectivity index (χ3n) is 2.92. The predicted octanol–water partition coefficient (Wildman–Crippen LogP) is 1.48. The van der Waals surface area contributed by atoms with Gasteiger partial charge in [0.25, 0.3) is 0 Å². The van der Waals surface area contributed by atoms with E-state index in [9.17, 15) is 5.11 Å². The van der Waals surface area contributed by atoms with Gasteiger partial charge in [0.1, 0.15) is 0 Å². The van der Waals surface area contributed by atoms with Crippen LogP contribution in [0.3, 0.4) is 0 Å². The lowest BCUT2D eigenvalue weighted by molar-refractivity contribution is 0.0188. The smallest absolute Gasteiger partial charge is 0.0760 e. The van der Waals surface area contributed by atoms with Gasteiger partial charge in [-0.3, -0.25) is 4.90 Å². The summed E-state index contributed by atoms with van der Waals surface area (Å²) in [4.78, 5) is 3.28. The Morgan fingerprint density at radius 1 is 1.32 bits per heavy atom. The van der Waals surface area contributed by atoms with Crippen molar-refractivity contribution < 1.29 is 9.84 Å². The number of morpholine rings is 1. The minimum atomic E-state index is -0.326. The summed E-state index contributed by atoms with van der Waals surface area (Å²) in [6.45, 7) is 4.07. The van der Waals surface area contributed by atoms with Crippen molar-refractivity contribution in [3.63, 3.8) is 0 Å². The van der Waals surface area contributed by atoms with Crippen LogP contribution in [0, 0.1) is 0 Å². The van der Waals surface area contributed by atoms with Crippen molar-refractivity contribution in [3.05, 3.63) is 24.3 Å². The number of halogens is 1. The summed E-state index contributed by atoms with van der Waals surface area (Å²) in [5.41, 5.74) is 6.64. The zero-order valence-corrected chi connectivity index (χ0v) is 12.5. The van der Waals surface area contributed by atoms with Crippen LogP contribution in [0.4, 0.5) is 5.69 Å². The van der Waals surface area contributed by atoms with Crippen molar-refractivity contribution in [1.82, 2.24) is 4.90 Å². The summed E-state index contributed by atoms with van der Waals surface area (Å²) in [5, 5.41) is 10.0. The normalized spacial score (nSPS) is 17.7. The fraction of sp³-hybridized carbons (Fsp3) is 0.538. The van der Waals surface area contributed by atoms with Gasteiger partial charge in [0.2, 0.25) is 0 Å². The average molecular weight is 305 g/mol. The number of rotatable bonds is 5. The first-order chi connectivity index (χ1) is 8.75. The van der Waals surface area contributed by atoms with E-state index in [4.69, 9.17) is 10.5 Å². The molecule has 2 rings (SSSR count). The molecule has 6 heteroatoms. The van der Waals surface area contributed by atoms with E-state index in [-0.39, 0.29) is 18.5 Å². The third kappa shape index (κ3) is 5.58. The summed E-state index contributed by atoms with van der Waals surface area (Å²) in [5.74, 6) is 0.672. The molecule has 1 aliphatic heterocycles. The number of benzene rings is 1. The van der Waals surface area contributed by atoms with Gasteiger partial charge in [-0.2, -0.15) is 0 Å². The van der Waals surface area contributed by atoms with Crippen molar-refractivity contribution in [2.75, 3.05) is 44.3 Å². The number of anilines is 1. The zero-order chi connectivity index (χ0) is 12.8. The summed E-state index contributed by atoms with van der Waals surface area (Å²) in [7, 11) is 0. The average Bonchev–Trinajstić information content (AvgIpc) is 2.39. The van der Waals surface area contributed by atoms with Crippen molar-refractivity contribution in [1.29, 1.82) is 0 Å². The van der Waals surface area contributed by atoms with Crippen LogP contribution in [0.2, 0.25) is 0 Å². The second kappa shape index (κ2) is 8.66. The van der Waals surface area contributed by atoms with Gasteiger partial charge in [0.05, 0.1) is 19.3 Å². The van der Waals surface area contributed by atoms with Crippen LogP contribution in [-0.2, 0) is 4.74 Å². The number of thioether (sulfide) groups is 1. The maximum atomic E-state index is 10.0. The molecule has 0 aliphatic carbocycles. The fourth-order valence-corrected chi connectivity index (χ4v) is 2.82. The molecule has 4 nitrogen and oxygen atoms in total. The standard InChI is InChI=1S/C13H20N2O2S.ClH/c14-12-3-1-2-4-13(12)18-10-11(16)9-15-5-7-17-8-6-15;/h1-4,11,16H,5-10,14H2;1H. The second-order valence-corrected chi connectivity index (χ2v) is 5.48. The summed E-state index contributed by atoms with van der Waals surface area (Å²) in [6.07, 6.45) is -0.326. The molecule has 0 amide bonds. The Kier molecular flexibility index (Phi) is 7.56. The van der Waals surface area contributed by atoms with Crippen LogP contribution in [0.1, 0.15) is 0 Å². The van der Waals surface area contributed by atoms with Crippen LogP contribution in [0.5, 0.6) is 0 Å². The predicted molar refractivity (Wildman–Crippen MR) is 82.1 cm³/mol. The molecular weight excluding hydrogens is 284 g/mol. The lowest BCUT2D eigenvalue weighted by Crippen LogP contribution is -2.41. The van der Waals surface area contributed by atoms with Crippen molar-refractivity contribution in [3.8, 4) is 0 Å². The number of aliphatic hydroxyl groups is 1. The Balaban J connectivity index is 0.00000180. The summed E-state index contributed by atoms with van der Waals surface area (Å²) in [6, 6.07) is 7.76. The Morgan fingerprint density at radius 2 is 2.00 bits per heavy atom. The highest BCUT2D eigenvalue weighted by Crippen LogP contribution is 2.24. The number of hydrogen-bond donors (Lipinski definition) is 2. The van der Waals surface area contributed by atoms with E-state index in [2.05, 4.69) is 4.90 Å². The minimum Gasteiger partial charge on any atom is -0.398 e. The van der Waals surface area contributed by atoms with Crippen molar-refractivity contribution in [2.45, 2.75) is 11.0 Å². The van der Waals surface area contributed by atoms with E-state index in [0.717, 1.165) is 36.9 Å². The highest BCUT2D eigenvalue weighted by atomic mass is 35.5. The Morgan fingerprint density at radius 3 is 2.68 bits per heavy atom. The van der Waals surface area contributed by atoms with Crippen molar-refractivity contribution >= 4 is 29.9 Å². The highest BCUT2D eigenvalue weighted by Gasteiger charge is 2.15.